The van der Waals surface area contributed by atoms with Crippen molar-refractivity contribution in [3.8, 4) is 0 Å². The molecule has 0 radical (unpaired) electrons. The summed E-state index contributed by atoms with van der Waals surface area (Å²) in [7, 11) is 1.73. The number of amidine groups is 1. The van der Waals surface area contributed by atoms with Gasteiger partial charge in [0.2, 0.25) is 0 Å². The van der Waals surface area contributed by atoms with Gasteiger partial charge in [0.25, 0.3) is 0 Å². The first-order valence-electron chi connectivity index (χ1n) is 7.45. The number of hydrazone groups is 1. The Morgan fingerprint density at radius 3 is 2.65 bits per heavy atom. The summed E-state index contributed by atoms with van der Waals surface area (Å²) < 4.78 is 13.3. The van der Waals surface area contributed by atoms with Gasteiger partial charge >= 0.3 is 0 Å². The topological polar surface area (TPSA) is 88.0 Å². The van der Waals surface area contributed by atoms with E-state index in [1.165, 1.54) is 12.3 Å². The summed E-state index contributed by atoms with van der Waals surface area (Å²) >= 11 is 0. The zero-order valence-corrected chi connectivity index (χ0v) is 13.8. The molecule has 0 spiro atoms. The van der Waals surface area contributed by atoms with Crippen LogP contribution in [0.5, 0.6) is 0 Å². The molecule has 0 aliphatic heterocycles. The Hall–Kier alpha value is -2.57. The number of aliphatic imine (C=N–C) groups is 2. The highest BCUT2D eigenvalue weighted by Crippen LogP contribution is 2.14. The first-order valence-corrected chi connectivity index (χ1v) is 7.45. The van der Waals surface area contributed by atoms with Gasteiger partial charge in [-0.2, -0.15) is 5.10 Å². The number of rotatable bonds is 7. The fourth-order valence-electron chi connectivity index (χ4n) is 2.09. The lowest BCUT2D eigenvalue weighted by Gasteiger charge is -2.11. The number of hydrogen-bond acceptors (Lipinski definition) is 5. The Morgan fingerprint density at radius 1 is 1.39 bits per heavy atom. The molecule has 0 saturated heterocycles. The van der Waals surface area contributed by atoms with Crippen molar-refractivity contribution in [3.05, 3.63) is 41.2 Å². The highest BCUT2D eigenvalue weighted by Gasteiger charge is 2.11. The zero-order chi connectivity index (χ0) is 17.2. The minimum atomic E-state index is -0.472. The Labute approximate surface area is 136 Å². The first kappa shape index (κ1) is 18.5. The lowest BCUT2D eigenvalue weighted by atomic mass is 10.0. The number of aromatic nitrogens is 1. The minimum absolute atomic E-state index is 0.223. The van der Waals surface area contributed by atoms with Gasteiger partial charge in [-0.05, 0) is 25.6 Å². The van der Waals surface area contributed by atoms with Crippen LogP contribution in [0.25, 0.3) is 0 Å². The smallest absolute Gasteiger partial charge is 0.162 e. The van der Waals surface area contributed by atoms with Crippen molar-refractivity contribution in [1.29, 1.82) is 0 Å². The van der Waals surface area contributed by atoms with Crippen LogP contribution >= 0.6 is 0 Å². The van der Waals surface area contributed by atoms with E-state index in [1.54, 1.807) is 7.05 Å². The Balaban J connectivity index is 3.32. The molecule has 0 aromatic carbocycles. The second-order valence-corrected chi connectivity index (χ2v) is 4.73. The Kier molecular flexibility index (Phi) is 7.59. The van der Waals surface area contributed by atoms with Crippen LogP contribution < -0.4 is 11.2 Å². The van der Waals surface area contributed by atoms with E-state index in [0.29, 0.717) is 17.8 Å². The van der Waals surface area contributed by atoms with Crippen LogP contribution in [0.1, 0.15) is 38.7 Å². The van der Waals surface area contributed by atoms with Crippen molar-refractivity contribution in [3.63, 3.8) is 0 Å². The van der Waals surface area contributed by atoms with Gasteiger partial charge in [0.15, 0.2) is 5.84 Å². The molecule has 1 heterocycles. The molecule has 0 amide bonds. The SMILES string of the molecule is C=N\C(=N/C(N)=C(CC)/C(CCC)=N\NC)c1cncc(F)c1. The number of hydrogen-bond donors (Lipinski definition) is 2. The molecule has 7 heteroatoms. The highest BCUT2D eigenvalue weighted by molar-refractivity contribution is 6.03. The molecule has 3 N–H and O–H groups in total. The Bertz CT molecular complexity index is 633. The lowest BCUT2D eigenvalue weighted by Crippen LogP contribution is -2.14. The van der Waals surface area contributed by atoms with E-state index in [0.717, 1.165) is 30.3 Å². The van der Waals surface area contributed by atoms with E-state index in [2.05, 4.69) is 39.1 Å². The highest BCUT2D eigenvalue weighted by atomic mass is 19.1. The molecule has 0 bridgehead atoms. The summed E-state index contributed by atoms with van der Waals surface area (Å²) in [6.45, 7) is 7.51. The van der Waals surface area contributed by atoms with Crippen molar-refractivity contribution in [2.75, 3.05) is 7.05 Å². The van der Waals surface area contributed by atoms with Gasteiger partial charge in [-0.15, -0.1) is 0 Å². The molecule has 124 valence electrons. The van der Waals surface area contributed by atoms with Gasteiger partial charge in [-0.1, -0.05) is 20.3 Å². The van der Waals surface area contributed by atoms with Crippen LogP contribution in [0, 0.1) is 5.82 Å². The molecule has 0 atom stereocenters. The van der Waals surface area contributed by atoms with Crippen LogP contribution in [-0.2, 0) is 0 Å². The third-order valence-electron chi connectivity index (χ3n) is 3.08. The molecule has 23 heavy (non-hydrogen) atoms. The van der Waals surface area contributed by atoms with E-state index in [9.17, 15) is 4.39 Å². The standard InChI is InChI=1S/C16H23FN6/c1-5-7-14(23-20-4)13(6-2)15(18)22-16(19-3)11-8-12(17)10-21-9-11/h8-10,20H,3,5-7,18H2,1-2,4H3/b15-13+,22-16-,23-14-. The molecular weight excluding hydrogens is 295 g/mol. The van der Waals surface area contributed by atoms with E-state index < -0.39 is 5.82 Å². The molecule has 0 saturated carbocycles. The summed E-state index contributed by atoms with van der Waals surface area (Å²) in [6, 6.07) is 1.29. The fourth-order valence-corrected chi connectivity index (χ4v) is 2.09. The predicted molar refractivity (Wildman–Crippen MR) is 93.2 cm³/mol. The fraction of sp³-hybridized carbons (Fsp3) is 0.375. The number of nitrogens with zero attached hydrogens (tertiary/aromatic N) is 4. The van der Waals surface area contributed by atoms with Crippen LogP contribution in [0.4, 0.5) is 4.39 Å². The van der Waals surface area contributed by atoms with Crippen LogP contribution in [-0.4, -0.2) is 30.3 Å². The molecule has 0 aliphatic carbocycles. The van der Waals surface area contributed by atoms with Gasteiger partial charge in [-0.3, -0.25) is 4.98 Å². The average Bonchev–Trinajstić information content (AvgIpc) is 2.53. The second-order valence-electron chi connectivity index (χ2n) is 4.73. The maximum absolute atomic E-state index is 13.3. The van der Waals surface area contributed by atoms with Gasteiger partial charge in [0, 0.05) is 24.4 Å². The monoisotopic (exact) mass is 318 g/mol. The Morgan fingerprint density at radius 2 is 2.13 bits per heavy atom. The van der Waals surface area contributed by atoms with Crippen molar-refractivity contribution in [2.24, 2.45) is 20.8 Å². The molecule has 1 aromatic heterocycles. The third-order valence-corrected chi connectivity index (χ3v) is 3.08. The van der Waals surface area contributed by atoms with E-state index >= 15 is 0 Å². The van der Waals surface area contributed by atoms with E-state index in [1.807, 2.05) is 6.92 Å². The number of halogens is 1. The quantitative estimate of drug-likeness (QED) is 0.460. The normalized spacial score (nSPS) is 13.6. The molecular formula is C16H23FN6. The maximum atomic E-state index is 13.3. The van der Waals surface area contributed by atoms with E-state index in [-0.39, 0.29) is 5.84 Å². The molecule has 1 rings (SSSR count). The number of nitrogens with two attached hydrogens (primary N) is 1. The van der Waals surface area contributed by atoms with Gasteiger partial charge < -0.3 is 11.2 Å². The zero-order valence-electron chi connectivity index (χ0n) is 13.8. The largest absolute Gasteiger partial charge is 0.383 e. The average molecular weight is 318 g/mol. The number of nitrogens with one attached hydrogen (secondary N) is 1. The summed E-state index contributed by atoms with van der Waals surface area (Å²) in [4.78, 5) is 11.9. The summed E-state index contributed by atoms with van der Waals surface area (Å²) in [6.07, 6.45) is 4.95. The minimum Gasteiger partial charge on any atom is -0.383 e. The lowest BCUT2D eigenvalue weighted by molar-refractivity contribution is 0.621. The van der Waals surface area contributed by atoms with Gasteiger partial charge in [0.05, 0.1) is 11.9 Å². The van der Waals surface area contributed by atoms with Crippen molar-refractivity contribution in [2.45, 2.75) is 33.1 Å². The van der Waals surface area contributed by atoms with Crippen molar-refractivity contribution >= 4 is 18.3 Å². The number of allylic oxidation sites excluding steroid dienone is 1. The maximum Gasteiger partial charge on any atom is 0.162 e. The molecule has 0 fully saturated rings. The molecule has 1 aromatic rings. The molecule has 0 aliphatic rings. The van der Waals surface area contributed by atoms with Gasteiger partial charge in [0.1, 0.15) is 11.6 Å². The van der Waals surface area contributed by atoms with Crippen molar-refractivity contribution in [1.82, 2.24) is 10.4 Å². The number of pyridine rings is 1. The summed E-state index contributed by atoms with van der Waals surface area (Å²) in [5.74, 6) is 0.0444. The van der Waals surface area contributed by atoms with Gasteiger partial charge in [-0.25, -0.2) is 14.4 Å². The third kappa shape index (κ3) is 5.28. The second kappa shape index (κ2) is 9.45. The van der Waals surface area contributed by atoms with Crippen LogP contribution in [0.3, 0.4) is 0 Å². The molecule has 6 nitrogen and oxygen atoms in total. The first-order chi connectivity index (χ1) is 11.1. The van der Waals surface area contributed by atoms with Crippen LogP contribution in [0.15, 0.2) is 44.9 Å². The summed E-state index contributed by atoms with van der Waals surface area (Å²) in [5.41, 5.74) is 11.0. The summed E-state index contributed by atoms with van der Waals surface area (Å²) in [5, 5.41) is 4.27. The molecule has 0 unspecified atom stereocenters. The van der Waals surface area contributed by atoms with Crippen molar-refractivity contribution < 1.29 is 4.39 Å². The van der Waals surface area contributed by atoms with E-state index in [4.69, 9.17) is 5.73 Å². The predicted octanol–water partition coefficient (Wildman–Crippen LogP) is 2.62. The van der Waals surface area contributed by atoms with Crippen LogP contribution in [0.2, 0.25) is 0 Å².